The number of para-hydroxylation sites is 1. The largest absolute Gasteiger partial charge is 0.487 e. The number of nitrogens with one attached hydrogen (secondary N) is 5. The van der Waals surface area contributed by atoms with Gasteiger partial charge in [0.1, 0.15) is 18.5 Å². The highest BCUT2D eigenvalue weighted by molar-refractivity contribution is 5.91. The fraction of sp³-hybridized carbons (Fsp3) is 0.341. The fourth-order valence-corrected chi connectivity index (χ4v) is 6.89. The number of piperidine rings is 1. The van der Waals surface area contributed by atoms with E-state index in [-0.39, 0.29) is 17.7 Å². The minimum Gasteiger partial charge on any atom is -0.487 e. The van der Waals surface area contributed by atoms with Crippen molar-refractivity contribution in [3.8, 4) is 16.9 Å². The number of urea groups is 1. The average molecular weight is 761 g/mol. The van der Waals surface area contributed by atoms with E-state index in [1.807, 2.05) is 91.0 Å². The number of rotatable bonds is 18. The van der Waals surface area contributed by atoms with Gasteiger partial charge in [-0.1, -0.05) is 91.3 Å². The molecule has 5 aromatic rings. The molecule has 1 aromatic heterocycles. The number of hydrogen-bond acceptors (Lipinski definition) is 8. The predicted molar refractivity (Wildman–Crippen MR) is 220 cm³/mol. The van der Waals surface area contributed by atoms with Crippen LogP contribution in [0, 0.1) is 0 Å². The summed E-state index contributed by atoms with van der Waals surface area (Å²) < 4.78 is 11.8. The number of aromatic amines is 1. The maximum Gasteiger partial charge on any atom is 0.411 e. The first-order valence-electron chi connectivity index (χ1n) is 19.5. The minimum atomic E-state index is -0.766. The third-order valence-corrected chi connectivity index (χ3v) is 9.91. The monoisotopic (exact) mass is 760 g/mol. The molecule has 12 nitrogen and oxygen atoms in total. The van der Waals surface area contributed by atoms with E-state index >= 15 is 0 Å². The van der Waals surface area contributed by atoms with Gasteiger partial charge in [-0.25, -0.2) is 9.59 Å². The number of unbranched alkanes of at least 4 members (excludes halogenated alkanes) is 2. The number of carbonyl (C=O) groups excluding carboxylic acids is 2. The molecular weight excluding hydrogens is 709 g/mol. The molecule has 2 heterocycles. The first-order chi connectivity index (χ1) is 27.4. The standard InChI is InChI=1S/C44H52N6O6/c51-39(36-18-20-40(42-37(36)19-21-41(52)49-42)55-31-32-12-4-1-5-13-32)30-45-24-10-3-11-25-46-43(53)47-26-29-50-27-22-34(23-28-50)56-44(54)48-38-17-9-8-16-35(38)33-14-6-2-7-15-33/h1-2,4-9,12-21,34,39,45,51H,3,10-11,22-31H2,(H,48,54)(H,49,52)(H2,46,47,53). The van der Waals surface area contributed by atoms with Crippen LogP contribution in [-0.4, -0.2) is 79.0 Å². The van der Waals surface area contributed by atoms with Crippen molar-refractivity contribution in [3.05, 3.63) is 131 Å². The molecule has 6 N–H and O–H groups in total. The molecule has 0 spiro atoms. The molecule has 0 saturated carbocycles. The molecule has 12 heteroatoms. The highest BCUT2D eigenvalue weighted by Gasteiger charge is 2.23. The zero-order chi connectivity index (χ0) is 39.0. The first kappa shape index (κ1) is 40.0. The Morgan fingerprint density at radius 2 is 1.52 bits per heavy atom. The number of pyridine rings is 1. The van der Waals surface area contributed by atoms with E-state index in [1.54, 1.807) is 12.1 Å². The number of aromatic nitrogens is 1. The maximum absolute atomic E-state index is 12.7. The van der Waals surface area contributed by atoms with Crippen LogP contribution in [0.2, 0.25) is 0 Å². The van der Waals surface area contributed by atoms with Gasteiger partial charge < -0.3 is 40.4 Å². The van der Waals surface area contributed by atoms with Crippen LogP contribution in [0.4, 0.5) is 15.3 Å². The number of aliphatic hydroxyl groups excluding tert-OH is 1. The third-order valence-electron chi connectivity index (χ3n) is 9.91. The third kappa shape index (κ3) is 11.9. The Balaban J connectivity index is 0.800. The fourth-order valence-electron chi connectivity index (χ4n) is 6.89. The van der Waals surface area contributed by atoms with E-state index < -0.39 is 12.2 Å². The zero-order valence-corrected chi connectivity index (χ0v) is 31.7. The molecule has 1 aliphatic heterocycles. The van der Waals surface area contributed by atoms with E-state index in [0.29, 0.717) is 43.1 Å². The highest BCUT2D eigenvalue weighted by Crippen LogP contribution is 2.31. The van der Waals surface area contributed by atoms with Crippen LogP contribution in [0.3, 0.4) is 0 Å². The molecule has 1 fully saturated rings. The van der Waals surface area contributed by atoms with Gasteiger partial charge in [0.25, 0.3) is 0 Å². The van der Waals surface area contributed by atoms with E-state index in [9.17, 15) is 19.5 Å². The molecule has 0 bridgehead atoms. The molecule has 56 heavy (non-hydrogen) atoms. The van der Waals surface area contributed by atoms with Gasteiger partial charge in [0.2, 0.25) is 5.56 Å². The molecule has 1 saturated heterocycles. The summed E-state index contributed by atoms with van der Waals surface area (Å²) in [6, 6.07) is 34.1. The molecule has 0 aliphatic carbocycles. The lowest BCUT2D eigenvalue weighted by atomic mass is 10.0. The van der Waals surface area contributed by atoms with Crippen LogP contribution in [0.25, 0.3) is 22.0 Å². The lowest BCUT2D eigenvalue weighted by molar-refractivity contribution is 0.0594. The van der Waals surface area contributed by atoms with E-state index in [1.165, 1.54) is 6.07 Å². The van der Waals surface area contributed by atoms with Gasteiger partial charge >= 0.3 is 12.1 Å². The van der Waals surface area contributed by atoms with Crippen molar-refractivity contribution < 1.29 is 24.2 Å². The van der Waals surface area contributed by atoms with Gasteiger partial charge in [0.15, 0.2) is 0 Å². The summed E-state index contributed by atoms with van der Waals surface area (Å²) in [6.07, 6.45) is 2.79. The summed E-state index contributed by atoms with van der Waals surface area (Å²) in [5.41, 5.74) is 4.75. The van der Waals surface area contributed by atoms with Crippen molar-refractivity contribution in [2.45, 2.75) is 50.9 Å². The Morgan fingerprint density at radius 3 is 2.32 bits per heavy atom. The molecule has 1 unspecified atom stereocenters. The molecule has 6 rings (SSSR count). The van der Waals surface area contributed by atoms with Gasteiger partial charge in [0.05, 0.1) is 17.3 Å². The lowest BCUT2D eigenvalue weighted by Crippen LogP contribution is -2.44. The number of nitrogens with zero attached hydrogens (tertiary/aromatic N) is 1. The van der Waals surface area contributed by atoms with Crippen LogP contribution < -0.4 is 31.6 Å². The Bertz CT molecular complexity index is 2050. The summed E-state index contributed by atoms with van der Waals surface area (Å²) in [6.45, 7) is 4.89. The Labute approximate surface area is 327 Å². The van der Waals surface area contributed by atoms with Crippen LogP contribution in [0.5, 0.6) is 5.75 Å². The molecule has 4 aromatic carbocycles. The van der Waals surface area contributed by atoms with Crippen LogP contribution in [0.1, 0.15) is 49.3 Å². The number of amides is 3. The van der Waals surface area contributed by atoms with Gasteiger partial charge in [-0.2, -0.15) is 0 Å². The van der Waals surface area contributed by atoms with E-state index in [0.717, 1.165) is 86.0 Å². The number of aliphatic hydroxyl groups is 1. The van der Waals surface area contributed by atoms with Crippen LogP contribution >= 0.6 is 0 Å². The first-order valence-corrected chi connectivity index (χ1v) is 19.5. The van der Waals surface area contributed by atoms with Crippen molar-refractivity contribution in [3.63, 3.8) is 0 Å². The molecule has 0 radical (unpaired) electrons. The van der Waals surface area contributed by atoms with Crippen molar-refractivity contribution in [1.82, 2.24) is 25.8 Å². The Hall–Kier alpha value is -5.69. The summed E-state index contributed by atoms with van der Waals surface area (Å²) in [5.74, 6) is 0.556. The maximum atomic E-state index is 12.7. The SMILES string of the molecule is O=C(NCCCCCNCC(O)c1ccc(OCc2ccccc2)c2[nH]c(=O)ccc12)NCCN1CCC(OC(=O)Nc2ccccc2-c2ccccc2)CC1. The second kappa shape index (κ2) is 20.8. The van der Waals surface area contributed by atoms with E-state index in [2.05, 4.69) is 31.2 Å². The predicted octanol–water partition coefficient (Wildman–Crippen LogP) is 6.58. The van der Waals surface area contributed by atoms with E-state index in [4.69, 9.17) is 9.47 Å². The second-order valence-electron chi connectivity index (χ2n) is 14.0. The van der Waals surface area contributed by atoms with Crippen LogP contribution in [-0.2, 0) is 11.3 Å². The number of H-pyrrole nitrogens is 1. The summed E-state index contributed by atoms with van der Waals surface area (Å²) in [7, 11) is 0. The number of likely N-dealkylation sites (tertiary alicyclic amines) is 1. The van der Waals surface area contributed by atoms with Crippen molar-refractivity contribution in [2.75, 3.05) is 51.1 Å². The summed E-state index contributed by atoms with van der Waals surface area (Å²) in [4.78, 5) is 42.3. The smallest absolute Gasteiger partial charge is 0.411 e. The molecule has 3 amide bonds. The zero-order valence-electron chi connectivity index (χ0n) is 31.7. The lowest BCUT2D eigenvalue weighted by Gasteiger charge is -2.31. The second-order valence-corrected chi connectivity index (χ2v) is 14.0. The molecule has 1 aliphatic rings. The normalized spacial score (nSPS) is 13.9. The molecule has 294 valence electrons. The summed E-state index contributed by atoms with van der Waals surface area (Å²) >= 11 is 0. The topological polar surface area (TPSA) is 157 Å². The molecule has 1 atom stereocenters. The van der Waals surface area contributed by atoms with Crippen molar-refractivity contribution >= 4 is 28.7 Å². The van der Waals surface area contributed by atoms with Crippen molar-refractivity contribution in [2.24, 2.45) is 0 Å². The average Bonchev–Trinajstić information content (AvgIpc) is 3.22. The number of fused-ring (bicyclic) bond motifs is 1. The van der Waals surface area contributed by atoms with Gasteiger partial charge in [0, 0.05) is 56.3 Å². The quantitative estimate of drug-likeness (QED) is 0.0548. The van der Waals surface area contributed by atoms with Crippen LogP contribution in [0.15, 0.2) is 114 Å². The number of hydrogen-bond donors (Lipinski definition) is 6. The minimum absolute atomic E-state index is 0.150. The Kier molecular flexibility index (Phi) is 14.9. The summed E-state index contributed by atoms with van der Waals surface area (Å²) in [5, 5.41) is 23.8. The number of ether oxygens (including phenoxy) is 2. The molecular formula is C44H52N6O6. The van der Waals surface area contributed by atoms with Gasteiger partial charge in [-0.05, 0) is 67.1 Å². The highest BCUT2D eigenvalue weighted by atomic mass is 16.6. The van der Waals surface area contributed by atoms with Gasteiger partial charge in [-0.3, -0.25) is 10.1 Å². The number of carbonyl (C=O) groups is 2. The van der Waals surface area contributed by atoms with Crippen molar-refractivity contribution in [1.29, 1.82) is 0 Å². The number of benzene rings is 4. The number of anilines is 1. The Morgan fingerprint density at radius 1 is 0.804 bits per heavy atom. The van der Waals surface area contributed by atoms with Gasteiger partial charge in [-0.15, -0.1) is 0 Å².